The highest BCUT2D eigenvalue weighted by molar-refractivity contribution is 5.92. The molecular formula is C16H15F4N3O. The summed E-state index contributed by atoms with van der Waals surface area (Å²) in [6.07, 6.45) is -2.43. The van der Waals surface area contributed by atoms with Crippen molar-refractivity contribution in [1.82, 2.24) is 14.7 Å². The summed E-state index contributed by atoms with van der Waals surface area (Å²) < 4.78 is 52.9. The molecule has 1 amide bonds. The lowest BCUT2D eigenvalue weighted by Crippen LogP contribution is -2.44. The molecule has 1 aromatic carbocycles. The summed E-state index contributed by atoms with van der Waals surface area (Å²) in [4.78, 5) is 13.6. The number of alkyl halides is 3. The Balaban J connectivity index is 1.75. The molecular weight excluding hydrogens is 326 g/mol. The SMILES string of the molecule is O=C(c1ccn(-c2ccc(F)cc2)n1)N1CCC[C@@H](C(F)(F)F)C1. The lowest BCUT2D eigenvalue weighted by Gasteiger charge is -2.33. The second-order valence-corrected chi connectivity index (χ2v) is 5.75. The van der Waals surface area contributed by atoms with Gasteiger partial charge in [0.1, 0.15) is 5.82 Å². The minimum absolute atomic E-state index is 0.0390. The van der Waals surface area contributed by atoms with Crippen LogP contribution in [-0.4, -0.2) is 39.9 Å². The van der Waals surface area contributed by atoms with Gasteiger partial charge < -0.3 is 4.90 Å². The Hall–Kier alpha value is -2.38. The number of halogens is 4. The minimum atomic E-state index is -4.30. The number of rotatable bonds is 2. The van der Waals surface area contributed by atoms with Crippen molar-refractivity contribution < 1.29 is 22.4 Å². The van der Waals surface area contributed by atoms with Gasteiger partial charge in [0.25, 0.3) is 5.91 Å². The number of hydrogen-bond acceptors (Lipinski definition) is 2. The first-order valence-corrected chi connectivity index (χ1v) is 7.52. The Bertz CT molecular complexity index is 724. The number of amides is 1. The first kappa shape index (κ1) is 16.5. The van der Waals surface area contributed by atoms with Crippen molar-refractivity contribution in [3.63, 3.8) is 0 Å². The molecule has 2 heterocycles. The van der Waals surface area contributed by atoms with E-state index in [-0.39, 0.29) is 25.2 Å². The predicted octanol–water partition coefficient (Wildman–Crippen LogP) is 3.43. The molecule has 24 heavy (non-hydrogen) atoms. The molecule has 1 aromatic heterocycles. The van der Waals surface area contributed by atoms with E-state index in [9.17, 15) is 22.4 Å². The van der Waals surface area contributed by atoms with Gasteiger partial charge in [-0.1, -0.05) is 0 Å². The Morgan fingerprint density at radius 1 is 1.17 bits per heavy atom. The van der Waals surface area contributed by atoms with Gasteiger partial charge in [-0.05, 0) is 43.2 Å². The molecule has 1 aliphatic rings. The zero-order chi connectivity index (χ0) is 17.3. The molecule has 8 heteroatoms. The maximum atomic E-state index is 12.9. The minimum Gasteiger partial charge on any atom is -0.337 e. The van der Waals surface area contributed by atoms with Crippen LogP contribution in [0.25, 0.3) is 5.69 Å². The summed E-state index contributed by atoms with van der Waals surface area (Å²) in [6.45, 7) is -0.0550. The van der Waals surface area contributed by atoms with Crippen LogP contribution in [0, 0.1) is 11.7 Å². The number of piperidine rings is 1. The summed E-state index contributed by atoms with van der Waals surface area (Å²) in [5, 5.41) is 4.09. The van der Waals surface area contributed by atoms with Gasteiger partial charge in [-0.3, -0.25) is 4.79 Å². The Kier molecular flexibility index (Phi) is 4.29. The topological polar surface area (TPSA) is 38.1 Å². The van der Waals surface area contributed by atoms with Crippen LogP contribution in [-0.2, 0) is 0 Å². The van der Waals surface area contributed by atoms with Crippen molar-refractivity contribution in [2.24, 2.45) is 5.92 Å². The van der Waals surface area contributed by atoms with Crippen LogP contribution in [0.1, 0.15) is 23.3 Å². The molecule has 1 aliphatic heterocycles. The maximum absolute atomic E-state index is 12.9. The van der Waals surface area contributed by atoms with Gasteiger partial charge in [0, 0.05) is 19.3 Å². The van der Waals surface area contributed by atoms with Crippen molar-refractivity contribution in [1.29, 1.82) is 0 Å². The molecule has 0 saturated carbocycles. The van der Waals surface area contributed by atoms with E-state index in [0.29, 0.717) is 12.1 Å². The number of hydrogen-bond donors (Lipinski definition) is 0. The van der Waals surface area contributed by atoms with Crippen molar-refractivity contribution >= 4 is 5.91 Å². The fourth-order valence-electron chi connectivity index (χ4n) is 2.77. The fourth-order valence-corrected chi connectivity index (χ4v) is 2.77. The number of carbonyl (C=O) groups excluding carboxylic acids is 1. The number of benzene rings is 1. The lowest BCUT2D eigenvalue weighted by molar-refractivity contribution is -0.184. The van der Waals surface area contributed by atoms with Crippen LogP contribution < -0.4 is 0 Å². The van der Waals surface area contributed by atoms with Crippen LogP contribution in [0.5, 0.6) is 0 Å². The smallest absolute Gasteiger partial charge is 0.337 e. The lowest BCUT2D eigenvalue weighted by atomic mass is 9.97. The van der Waals surface area contributed by atoms with Crippen molar-refractivity contribution in [2.75, 3.05) is 13.1 Å². The van der Waals surface area contributed by atoms with Crippen molar-refractivity contribution in [3.8, 4) is 5.69 Å². The fraction of sp³-hybridized carbons (Fsp3) is 0.375. The number of nitrogens with zero attached hydrogens (tertiary/aromatic N) is 3. The highest BCUT2D eigenvalue weighted by atomic mass is 19.4. The zero-order valence-corrected chi connectivity index (χ0v) is 12.6. The van der Waals surface area contributed by atoms with E-state index in [2.05, 4.69) is 5.10 Å². The first-order valence-electron chi connectivity index (χ1n) is 7.52. The molecule has 0 radical (unpaired) electrons. The molecule has 1 saturated heterocycles. The maximum Gasteiger partial charge on any atom is 0.393 e. The molecule has 0 spiro atoms. The number of carbonyl (C=O) groups is 1. The van der Waals surface area contributed by atoms with E-state index in [4.69, 9.17) is 0 Å². The number of likely N-dealkylation sites (tertiary alicyclic amines) is 1. The van der Waals surface area contributed by atoms with Crippen molar-refractivity contribution in [2.45, 2.75) is 19.0 Å². The Labute approximate surface area is 135 Å². The monoisotopic (exact) mass is 341 g/mol. The van der Waals surface area contributed by atoms with Gasteiger partial charge in [-0.25, -0.2) is 9.07 Å². The average molecular weight is 341 g/mol. The number of aromatic nitrogens is 2. The molecule has 3 rings (SSSR count). The van der Waals surface area contributed by atoms with Gasteiger partial charge >= 0.3 is 6.18 Å². The van der Waals surface area contributed by atoms with Gasteiger partial charge in [-0.15, -0.1) is 0 Å². The molecule has 0 N–H and O–H groups in total. The molecule has 128 valence electrons. The van der Waals surface area contributed by atoms with E-state index in [1.54, 1.807) is 0 Å². The summed E-state index contributed by atoms with van der Waals surface area (Å²) in [7, 11) is 0. The molecule has 4 nitrogen and oxygen atoms in total. The Morgan fingerprint density at radius 3 is 2.54 bits per heavy atom. The average Bonchev–Trinajstić information content (AvgIpc) is 3.04. The van der Waals surface area contributed by atoms with Crippen LogP contribution in [0.4, 0.5) is 17.6 Å². The van der Waals surface area contributed by atoms with Crippen LogP contribution in [0.3, 0.4) is 0 Å². The standard InChI is InChI=1S/C16H15F4N3O/c17-12-3-5-13(6-4-12)23-9-7-14(21-23)15(24)22-8-1-2-11(10-22)16(18,19)20/h3-7,9,11H,1-2,8,10H2/t11-/m1/s1. The summed E-state index contributed by atoms with van der Waals surface area (Å²) in [5.41, 5.74) is 0.629. The molecule has 1 atom stereocenters. The Morgan fingerprint density at radius 2 is 1.88 bits per heavy atom. The summed E-state index contributed by atoms with van der Waals surface area (Å²) in [6, 6.07) is 6.96. The van der Waals surface area contributed by atoms with E-state index in [1.807, 2.05) is 0 Å². The van der Waals surface area contributed by atoms with Crippen molar-refractivity contribution in [3.05, 3.63) is 48.0 Å². The molecule has 0 aliphatic carbocycles. The zero-order valence-electron chi connectivity index (χ0n) is 12.6. The van der Waals surface area contributed by atoms with Crippen LogP contribution in [0.2, 0.25) is 0 Å². The third kappa shape index (κ3) is 3.42. The summed E-state index contributed by atoms with van der Waals surface area (Å²) >= 11 is 0. The third-order valence-electron chi connectivity index (χ3n) is 4.07. The molecule has 0 unspecified atom stereocenters. The highest BCUT2D eigenvalue weighted by Gasteiger charge is 2.42. The third-order valence-corrected chi connectivity index (χ3v) is 4.07. The van der Waals surface area contributed by atoms with Gasteiger partial charge in [0.05, 0.1) is 11.6 Å². The second-order valence-electron chi connectivity index (χ2n) is 5.75. The molecule has 0 bridgehead atoms. The van der Waals surface area contributed by atoms with E-state index in [0.717, 1.165) is 0 Å². The van der Waals surface area contributed by atoms with Gasteiger partial charge in [-0.2, -0.15) is 18.3 Å². The molecule has 1 fully saturated rings. The largest absolute Gasteiger partial charge is 0.393 e. The normalized spacial score (nSPS) is 18.7. The van der Waals surface area contributed by atoms with E-state index in [1.165, 1.54) is 46.1 Å². The highest BCUT2D eigenvalue weighted by Crippen LogP contribution is 2.33. The molecule has 2 aromatic rings. The quantitative estimate of drug-likeness (QED) is 0.785. The van der Waals surface area contributed by atoms with Crippen LogP contribution >= 0.6 is 0 Å². The predicted molar refractivity (Wildman–Crippen MR) is 78.2 cm³/mol. The van der Waals surface area contributed by atoms with Gasteiger partial charge in [0.2, 0.25) is 0 Å². The van der Waals surface area contributed by atoms with E-state index < -0.39 is 23.8 Å². The summed E-state index contributed by atoms with van der Waals surface area (Å²) in [5.74, 6) is -2.41. The first-order chi connectivity index (χ1) is 11.3. The van der Waals surface area contributed by atoms with Crippen LogP contribution in [0.15, 0.2) is 36.5 Å². The van der Waals surface area contributed by atoms with E-state index >= 15 is 0 Å². The second kappa shape index (κ2) is 6.26. The van der Waals surface area contributed by atoms with Gasteiger partial charge in [0.15, 0.2) is 5.69 Å².